The summed E-state index contributed by atoms with van der Waals surface area (Å²) in [6.07, 6.45) is 0.474. The summed E-state index contributed by atoms with van der Waals surface area (Å²) in [6, 6.07) is 4.44. The van der Waals surface area contributed by atoms with E-state index in [9.17, 15) is 19.5 Å². The molecule has 0 spiro atoms. The summed E-state index contributed by atoms with van der Waals surface area (Å²) in [7, 11) is 1.41. The maximum absolute atomic E-state index is 11.8. The number of phenols is 1. The molecule has 2 aromatic rings. The first kappa shape index (κ1) is 15.4. The monoisotopic (exact) mass is 308 g/mol. The van der Waals surface area contributed by atoms with Crippen molar-refractivity contribution < 1.29 is 14.6 Å². The van der Waals surface area contributed by atoms with Gasteiger partial charge in [-0.05, 0) is 18.6 Å². The molecule has 9 nitrogen and oxygen atoms in total. The van der Waals surface area contributed by atoms with Gasteiger partial charge < -0.3 is 15.2 Å². The molecule has 0 saturated carbocycles. The molecular weight excluding hydrogens is 292 g/mol. The second-order valence-electron chi connectivity index (χ2n) is 4.55. The highest BCUT2D eigenvalue weighted by molar-refractivity contribution is 5.91. The SMILES string of the molecule is COc1cc(NC(=O)CCCn2c(=O)[nH][nH]c2=O)ccc1O. The number of nitrogens with zero attached hydrogens (tertiary/aromatic N) is 1. The van der Waals surface area contributed by atoms with E-state index in [-0.39, 0.29) is 30.4 Å². The van der Waals surface area contributed by atoms with Crippen LogP contribution in [-0.2, 0) is 11.3 Å². The smallest absolute Gasteiger partial charge is 0.344 e. The molecule has 1 aromatic heterocycles. The Morgan fingerprint density at radius 2 is 2.00 bits per heavy atom. The number of ether oxygens (including phenoxy) is 1. The molecule has 0 fully saturated rings. The molecule has 0 saturated heterocycles. The Morgan fingerprint density at radius 1 is 1.32 bits per heavy atom. The molecule has 9 heteroatoms. The third kappa shape index (κ3) is 3.57. The van der Waals surface area contributed by atoms with E-state index in [1.807, 2.05) is 0 Å². The van der Waals surface area contributed by atoms with E-state index in [1.54, 1.807) is 0 Å². The van der Waals surface area contributed by atoms with Gasteiger partial charge in [0.2, 0.25) is 5.91 Å². The number of carbonyl (C=O) groups excluding carboxylic acids is 1. The molecule has 0 aliphatic carbocycles. The summed E-state index contributed by atoms with van der Waals surface area (Å²) >= 11 is 0. The van der Waals surface area contributed by atoms with Gasteiger partial charge >= 0.3 is 11.4 Å². The molecule has 0 aliphatic heterocycles. The minimum Gasteiger partial charge on any atom is -0.504 e. The number of hydrogen-bond acceptors (Lipinski definition) is 5. The summed E-state index contributed by atoms with van der Waals surface area (Å²) in [5.41, 5.74) is -0.585. The topological polar surface area (TPSA) is 129 Å². The second-order valence-corrected chi connectivity index (χ2v) is 4.55. The van der Waals surface area contributed by atoms with Crippen molar-refractivity contribution in [2.24, 2.45) is 0 Å². The van der Waals surface area contributed by atoms with Crippen molar-refractivity contribution in [2.75, 3.05) is 12.4 Å². The average molecular weight is 308 g/mol. The van der Waals surface area contributed by atoms with E-state index in [4.69, 9.17) is 4.74 Å². The van der Waals surface area contributed by atoms with Crippen LogP contribution in [0.15, 0.2) is 27.8 Å². The molecule has 1 aromatic carbocycles. The number of aromatic hydroxyl groups is 1. The van der Waals surface area contributed by atoms with Gasteiger partial charge in [0.25, 0.3) is 0 Å². The maximum Gasteiger partial charge on any atom is 0.344 e. The van der Waals surface area contributed by atoms with Crippen LogP contribution in [0.2, 0.25) is 0 Å². The van der Waals surface area contributed by atoms with Crippen LogP contribution in [-0.4, -0.2) is 32.9 Å². The van der Waals surface area contributed by atoms with Crippen LogP contribution in [0.3, 0.4) is 0 Å². The number of phenolic OH excluding ortho intramolecular Hbond substituents is 1. The van der Waals surface area contributed by atoms with Crippen molar-refractivity contribution in [1.82, 2.24) is 14.8 Å². The first-order chi connectivity index (χ1) is 10.5. The third-order valence-electron chi connectivity index (χ3n) is 3.02. The van der Waals surface area contributed by atoms with E-state index in [2.05, 4.69) is 15.5 Å². The third-order valence-corrected chi connectivity index (χ3v) is 3.02. The van der Waals surface area contributed by atoms with E-state index in [0.717, 1.165) is 4.57 Å². The number of amides is 1. The summed E-state index contributed by atoms with van der Waals surface area (Å²) in [5.74, 6) is -0.0393. The van der Waals surface area contributed by atoms with Gasteiger partial charge in [0.1, 0.15) is 0 Å². The predicted octanol–water partition coefficient (Wildman–Crippen LogP) is -0.00220. The average Bonchev–Trinajstić information content (AvgIpc) is 2.81. The second kappa shape index (κ2) is 6.66. The lowest BCUT2D eigenvalue weighted by molar-refractivity contribution is -0.116. The minimum absolute atomic E-state index is 0.0217. The molecule has 0 atom stereocenters. The summed E-state index contributed by atoms with van der Waals surface area (Å²) in [4.78, 5) is 34.3. The molecule has 4 N–H and O–H groups in total. The molecule has 0 radical (unpaired) electrons. The Labute approximate surface area is 124 Å². The van der Waals surface area contributed by atoms with E-state index < -0.39 is 11.4 Å². The highest BCUT2D eigenvalue weighted by Gasteiger charge is 2.08. The van der Waals surface area contributed by atoms with Crippen LogP contribution in [0.5, 0.6) is 11.5 Å². The van der Waals surface area contributed by atoms with Crippen LogP contribution < -0.4 is 21.4 Å². The number of methoxy groups -OCH3 is 1. The van der Waals surface area contributed by atoms with Crippen LogP contribution in [0, 0.1) is 0 Å². The number of aromatic amines is 2. The lowest BCUT2D eigenvalue weighted by Crippen LogP contribution is -2.27. The quantitative estimate of drug-likeness (QED) is 0.558. The zero-order chi connectivity index (χ0) is 16.1. The van der Waals surface area contributed by atoms with Crippen molar-refractivity contribution in [2.45, 2.75) is 19.4 Å². The summed E-state index contributed by atoms with van der Waals surface area (Å²) in [6.45, 7) is 0.143. The number of carbonyl (C=O) groups is 1. The van der Waals surface area contributed by atoms with Crippen molar-refractivity contribution in [3.05, 3.63) is 39.2 Å². The van der Waals surface area contributed by atoms with Gasteiger partial charge in [-0.25, -0.2) is 24.4 Å². The van der Waals surface area contributed by atoms with Gasteiger partial charge in [0.15, 0.2) is 11.5 Å². The number of rotatable bonds is 6. The number of aromatic nitrogens is 3. The normalized spacial score (nSPS) is 10.4. The molecule has 2 rings (SSSR count). The molecule has 118 valence electrons. The fourth-order valence-electron chi connectivity index (χ4n) is 1.91. The van der Waals surface area contributed by atoms with Crippen LogP contribution >= 0.6 is 0 Å². The van der Waals surface area contributed by atoms with Gasteiger partial charge in [-0.1, -0.05) is 0 Å². The Bertz CT molecular complexity index is 746. The van der Waals surface area contributed by atoms with Crippen LogP contribution in [0.1, 0.15) is 12.8 Å². The molecule has 0 bridgehead atoms. The zero-order valence-electron chi connectivity index (χ0n) is 11.9. The molecular formula is C13H16N4O5. The highest BCUT2D eigenvalue weighted by atomic mass is 16.5. The van der Waals surface area contributed by atoms with Crippen molar-refractivity contribution in [3.63, 3.8) is 0 Å². The summed E-state index contributed by atoms with van der Waals surface area (Å²) in [5, 5.41) is 16.4. The fourth-order valence-corrected chi connectivity index (χ4v) is 1.91. The van der Waals surface area contributed by atoms with Gasteiger partial charge in [-0.2, -0.15) is 0 Å². The first-order valence-corrected chi connectivity index (χ1v) is 6.55. The molecule has 22 heavy (non-hydrogen) atoms. The van der Waals surface area contributed by atoms with E-state index in [0.29, 0.717) is 12.1 Å². The molecule has 1 amide bonds. The van der Waals surface area contributed by atoms with Crippen molar-refractivity contribution in [1.29, 1.82) is 0 Å². The number of benzene rings is 1. The number of hydrogen-bond donors (Lipinski definition) is 4. The number of nitrogens with one attached hydrogen (secondary N) is 3. The molecule has 1 heterocycles. The van der Waals surface area contributed by atoms with Gasteiger partial charge in [-0.3, -0.25) is 4.79 Å². The highest BCUT2D eigenvalue weighted by Crippen LogP contribution is 2.28. The lowest BCUT2D eigenvalue weighted by Gasteiger charge is -2.08. The summed E-state index contributed by atoms with van der Waals surface area (Å²) < 4.78 is 5.93. The van der Waals surface area contributed by atoms with Crippen molar-refractivity contribution >= 4 is 11.6 Å². The van der Waals surface area contributed by atoms with Crippen LogP contribution in [0.4, 0.5) is 5.69 Å². The first-order valence-electron chi connectivity index (χ1n) is 6.55. The molecule has 0 aliphatic rings. The van der Waals surface area contributed by atoms with E-state index >= 15 is 0 Å². The van der Waals surface area contributed by atoms with E-state index in [1.165, 1.54) is 25.3 Å². The Balaban J connectivity index is 1.88. The van der Waals surface area contributed by atoms with Gasteiger partial charge in [0.05, 0.1) is 7.11 Å². The molecule has 0 unspecified atom stereocenters. The number of H-pyrrole nitrogens is 2. The predicted molar refractivity (Wildman–Crippen MR) is 78.2 cm³/mol. The fraction of sp³-hybridized carbons (Fsp3) is 0.308. The lowest BCUT2D eigenvalue weighted by atomic mass is 10.2. The van der Waals surface area contributed by atoms with Crippen molar-refractivity contribution in [3.8, 4) is 11.5 Å². The Hall–Kier alpha value is -2.97. The largest absolute Gasteiger partial charge is 0.504 e. The minimum atomic E-state index is -0.534. The standard InChI is InChI=1S/C13H16N4O5/c1-22-10-7-8(4-5-9(10)18)14-11(19)3-2-6-17-12(20)15-16-13(17)21/h4-5,7,18H,2-3,6H2,1H3,(H,14,19)(H,15,20)(H,16,21). The van der Waals surface area contributed by atoms with Gasteiger partial charge in [0, 0.05) is 24.7 Å². The Kier molecular flexibility index (Phi) is 4.66. The van der Waals surface area contributed by atoms with Crippen LogP contribution in [0.25, 0.3) is 0 Å². The number of anilines is 1. The maximum atomic E-state index is 11.8. The zero-order valence-corrected chi connectivity index (χ0v) is 11.9. The van der Waals surface area contributed by atoms with Gasteiger partial charge in [-0.15, -0.1) is 0 Å². The Morgan fingerprint density at radius 3 is 2.64 bits per heavy atom.